The highest BCUT2D eigenvalue weighted by Crippen LogP contribution is 2.44. The number of nitrogens with zero attached hydrogens (tertiary/aromatic N) is 1. The first-order valence-corrected chi connectivity index (χ1v) is 5.45. The molecule has 1 aromatic rings. The monoisotopic (exact) mass is 333 g/mol. The van der Waals surface area contributed by atoms with Crippen molar-refractivity contribution in [1.29, 1.82) is 0 Å². The van der Waals surface area contributed by atoms with Crippen molar-refractivity contribution in [3.8, 4) is 11.6 Å². The lowest BCUT2D eigenvalue weighted by Gasteiger charge is -2.18. The molecule has 0 aliphatic rings. The lowest BCUT2D eigenvalue weighted by Crippen LogP contribution is -2.21. The molecule has 1 rings (SSSR count). The number of carbonyl (C=O) groups is 1. The molecule has 0 saturated carbocycles. The Balaban J connectivity index is 3.47. The van der Waals surface area contributed by atoms with Crippen LogP contribution in [0.3, 0.4) is 0 Å². The molecule has 0 saturated heterocycles. The van der Waals surface area contributed by atoms with E-state index in [2.05, 4.69) is 19.2 Å². The summed E-state index contributed by atoms with van der Waals surface area (Å²) in [4.78, 5) is 14.2. The van der Waals surface area contributed by atoms with Gasteiger partial charge in [0, 0.05) is 6.20 Å². The predicted octanol–water partition coefficient (Wildman–Crippen LogP) is 2.72. The van der Waals surface area contributed by atoms with Crippen LogP contribution in [-0.2, 0) is 22.1 Å². The predicted molar refractivity (Wildman–Crippen MR) is 58.2 cm³/mol. The highest BCUT2D eigenvalue weighted by atomic mass is 19.4. The van der Waals surface area contributed by atoms with Crippen molar-refractivity contribution < 1.29 is 45.3 Å². The van der Waals surface area contributed by atoms with Gasteiger partial charge in [-0.3, -0.25) is 4.79 Å². The summed E-state index contributed by atoms with van der Waals surface area (Å²) in [5.74, 6) is -3.71. The van der Waals surface area contributed by atoms with Gasteiger partial charge in [0.1, 0.15) is 5.56 Å². The summed E-state index contributed by atoms with van der Waals surface area (Å²) >= 11 is 0. The molecule has 1 heterocycles. The number of methoxy groups -OCH3 is 2. The van der Waals surface area contributed by atoms with Gasteiger partial charge in [0.05, 0.1) is 20.6 Å². The molecule has 0 unspecified atom stereocenters. The maximum Gasteiger partial charge on any atom is 0.574 e. The Hall–Kier alpha value is -2.20. The summed E-state index contributed by atoms with van der Waals surface area (Å²) in [6.45, 7) is 0. The number of aromatic nitrogens is 1. The third-order valence-electron chi connectivity index (χ3n) is 2.34. The van der Waals surface area contributed by atoms with Crippen LogP contribution in [0.25, 0.3) is 0 Å². The number of alkyl halides is 6. The first-order valence-electron chi connectivity index (χ1n) is 5.45. The molecule has 5 nitrogen and oxygen atoms in total. The van der Waals surface area contributed by atoms with Crippen LogP contribution in [0.4, 0.5) is 26.3 Å². The summed E-state index contributed by atoms with van der Waals surface area (Å²) in [6.07, 6.45) is -10.8. The van der Waals surface area contributed by atoms with Crippen molar-refractivity contribution in [2.24, 2.45) is 0 Å². The largest absolute Gasteiger partial charge is 0.574 e. The minimum absolute atomic E-state index is 0.448. The van der Waals surface area contributed by atoms with Crippen LogP contribution in [0.2, 0.25) is 0 Å². The van der Waals surface area contributed by atoms with E-state index in [9.17, 15) is 31.1 Å². The molecule has 0 spiro atoms. The minimum atomic E-state index is -5.26. The molecule has 1 aromatic heterocycles. The summed E-state index contributed by atoms with van der Waals surface area (Å²) in [6, 6.07) is 0. The summed E-state index contributed by atoms with van der Waals surface area (Å²) in [7, 11) is 1.67. The van der Waals surface area contributed by atoms with Gasteiger partial charge in [-0.05, 0) is 5.56 Å². The number of rotatable bonds is 4. The Kier molecular flexibility index (Phi) is 5.09. The van der Waals surface area contributed by atoms with Crippen LogP contribution in [-0.4, -0.2) is 31.5 Å². The Bertz CT molecular complexity index is 555. The SMILES string of the molecule is COC(=O)Cc1cnc(OC(F)(F)F)c(OC)c1C(F)(F)F. The van der Waals surface area contributed by atoms with Gasteiger partial charge in [-0.25, -0.2) is 4.98 Å². The number of halogens is 6. The molecule has 0 aliphatic heterocycles. The van der Waals surface area contributed by atoms with Crippen molar-refractivity contribution in [3.63, 3.8) is 0 Å². The second-order valence-electron chi connectivity index (χ2n) is 3.80. The second-order valence-corrected chi connectivity index (χ2v) is 3.80. The number of esters is 1. The number of hydrogen-bond acceptors (Lipinski definition) is 5. The fourth-order valence-corrected chi connectivity index (χ4v) is 1.56. The Morgan fingerprint density at radius 1 is 1.18 bits per heavy atom. The first kappa shape index (κ1) is 17.9. The van der Waals surface area contributed by atoms with E-state index in [0.29, 0.717) is 6.20 Å². The van der Waals surface area contributed by atoms with Crippen molar-refractivity contribution in [1.82, 2.24) is 4.98 Å². The summed E-state index contributed by atoms with van der Waals surface area (Å²) < 4.78 is 87.7. The van der Waals surface area contributed by atoms with Gasteiger partial charge in [-0.15, -0.1) is 13.2 Å². The number of hydrogen-bond donors (Lipinski definition) is 0. The van der Waals surface area contributed by atoms with E-state index in [4.69, 9.17) is 0 Å². The van der Waals surface area contributed by atoms with Gasteiger partial charge in [-0.1, -0.05) is 0 Å². The maximum atomic E-state index is 13.1. The molecule has 0 aliphatic carbocycles. The van der Waals surface area contributed by atoms with E-state index in [1.54, 1.807) is 0 Å². The van der Waals surface area contributed by atoms with Gasteiger partial charge in [0.15, 0.2) is 5.75 Å². The molecule has 124 valence electrons. The van der Waals surface area contributed by atoms with Crippen LogP contribution in [0.1, 0.15) is 11.1 Å². The zero-order chi connectivity index (χ0) is 17.1. The summed E-state index contributed by atoms with van der Waals surface area (Å²) in [5.41, 5.74) is -2.29. The quantitative estimate of drug-likeness (QED) is 0.626. The third kappa shape index (κ3) is 4.40. The van der Waals surface area contributed by atoms with Crippen LogP contribution < -0.4 is 9.47 Å². The van der Waals surface area contributed by atoms with Gasteiger partial charge in [-0.2, -0.15) is 13.2 Å². The van der Waals surface area contributed by atoms with Crippen molar-refractivity contribution in [3.05, 3.63) is 17.3 Å². The van der Waals surface area contributed by atoms with Gasteiger partial charge in [0.2, 0.25) is 0 Å². The smallest absolute Gasteiger partial charge is 0.491 e. The highest BCUT2D eigenvalue weighted by Gasteiger charge is 2.42. The Labute approximate surface area is 119 Å². The average Bonchev–Trinajstić information content (AvgIpc) is 2.36. The molecule has 0 bridgehead atoms. The topological polar surface area (TPSA) is 57.7 Å². The molecular weight excluding hydrogens is 324 g/mol. The van der Waals surface area contributed by atoms with E-state index < -0.39 is 47.7 Å². The molecule has 0 radical (unpaired) electrons. The van der Waals surface area contributed by atoms with Crippen LogP contribution in [0, 0.1) is 0 Å². The molecular formula is C11H9F6NO4. The molecule has 0 N–H and O–H groups in total. The Morgan fingerprint density at radius 3 is 2.18 bits per heavy atom. The zero-order valence-electron chi connectivity index (χ0n) is 11.1. The zero-order valence-corrected chi connectivity index (χ0v) is 11.1. The van der Waals surface area contributed by atoms with Crippen LogP contribution in [0.15, 0.2) is 6.20 Å². The van der Waals surface area contributed by atoms with Gasteiger partial charge >= 0.3 is 18.5 Å². The minimum Gasteiger partial charge on any atom is -0.491 e. The van der Waals surface area contributed by atoms with Crippen molar-refractivity contribution in [2.45, 2.75) is 19.0 Å². The molecule has 0 aromatic carbocycles. The number of carbonyl (C=O) groups excluding carboxylic acids is 1. The lowest BCUT2D eigenvalue weighted by molar-refractivity contribution is -0.276. The molecule has 11 heteroatoms. The Morgan fingerprint density at radius 2 is 1.77 bits per heavy atom. The molecule has 0 atom stereocenters. The molecule has 22 heavy (non-hydrogen) atoms. The van der Waals surface area contributed by atoms with Gasteiger partial charge < -0.3 is 14.2 Å². The second kappa shape index (κ2) is 6.28. The van der Waals surface area contributed by atoms with E-state index in [1.165, 1.54) is 0 Å². The number of pyridine rings is 1. The van der Waals surface area contributed by atoms with Crippen molar-refractivity contribution >= 4 is 5.97 Å². The normalized spacial score (nSPS) is 12.0. The fraction of sp³-hybridized carbons (Fsp3) is 0.455. The molecule has 0 fully saturated rings. The highest BCUT2D eigenvalue weighted by molar-refractivity contribution is 5.73. The third-order valence-corrected chi connectivity index (χ3v) is 2.34. The van der Waals surface area contributed by atoms with Gasteiger partial charge in [0.25, 0.3) is 5.88 Å². The first-order chi connectivity index (χ1) is 9.99. The van der Waals surface area contributed by atoms with E-state index in [1.807, 2.05) is 0 Å². The van der Waals surface area contributed by atoms with Crippen LogP contribution >= 0.6 is 0 Å². The van der Waals surface area contributed by atoms with Crippen LogP contribution in [0.5, 0.6) is 11.6 Å². The summed E-state index contributed by atoms with van der Waals surface area (Å²) in [5, 5.41) is 0. The van der Waals surface area contributed by atoms with E-state index >= 15 is 0 Å². The average molecular weight is 333 g/mol. The van der Waals surface area contributed by atoms with E-state index in [-0.39, 0.29) is 0 Å². The standard InChI is InChI=1S/C11H9F6NO4/c1-20-6(19)3-5-4-18-9(22-11(15,16)17)8(21-2)7(5)10(12,13)14/h4H,3H2,1-2H3. The maximum absolute atomic E-state index is 13.1. The fourth-order valence-electron chi connectivity index (χ4n) is 1.56. The number of ether oxygens (including phenoxy) is 3. The molecule has 0 amide bonds. The van der Waals surface area contributed by atoms with E-state index in [0.717, 1.165) is 14.2 Å². The van der Waals surface area contributed by atoms with Crippen molar-refractivity contribution in [2.75, 3.05) is 14.2 Å². The lowest BCUT2D eigenvalue weighted by atomic mass is 10.1.